The number of hydrogen-bond donors (Lipinski definition) is 2. The lowest BCUT2D eigenvalue weighted by molar-refractivity contribution is 0.0411. The van der Waals surface area contributed by atoms with Crippen molar-refractivity contribution in [2.75, 3.05) is 20.2 Å². The number of aliphatic hydroxyl groups is 1. The molecule has 1 fully saturated rings. The Morgan fingerprint density at radius 3 is 2.85 bits per heavy atom. The van der Waals surface area contributed by atoms with Crippen molar-refractivity contribution in [3.05, 3.63) is 59.3 Å². The number of rotatable bonds is 3. The van der Waals surface area contributed by atoms with Crippen LogP contribution in [-0.2, 0) is 18.4 Å². The van der Waals surface area contributed by atoms with E-state index in [1.807, 2.05) is 12.1 Å². The molecular weight excluding hydrogens is 338 g/mol. The van der Waals surface area contributed by atoms with Gasteiger partial charge in [0.25, 0.3) is 0 Å². The van der Waals surface area contributed by atoms with E-state index in [9.17, 15) is 5.11 Å². The number of nitrogens with one attached hydrogen (secondary N) is 1. The summed E-state index contributed by atoms with van der Waals surface area (Å²) in [5.74, 6) is 0.855. The van der Waals surface area contributed by atoms with E-state index in [-0.39, 0.29) is 11.5 Å². The number of H-pyrrole nitrogens is 1. The van der Waals surface area contributed by atoms with Gasteiger partial charge in [-0.25, -0.2) is 0 Å². The molecule has 0 unspecified atom stereocenters. The fourth-order valence-electron chi connectivity index (χ4n) is 4.99. The highest BCUT2D eigenvalue weighted by molar-refractivity contribution is 5.82. The molecule has 2 aromatic carbocycles. The smallest absolute Gasteiger partial charge is 0.119 e. The van der Waals surface area contributed by atoms with E-state index in [1.54, 1.807) is 7.11 Å². The summed E-state index contributed by atoms with van der Waals surface area (Å²) in [5, 5.41) is 19.6. The van der Waals surface area contributed by atoms with Crippen molar-refractivity contribution < 1.29 is 9.84 Å². The zero-order valence-electron chi connectivity index (χ0n) is 15.6. The van der Waals surface area contributed by atoms with Crippen LogP contribution in [0.25, 0.3) is 10.9 Å². The number of methoxy groups -OCH3 is 1. The lowest BCUT2D eigenvalue weighted by atomic mass is 9.72. The normalized spacial score (nSPS) is 21.6. The van der Waals surface area contributed by atoms with Crippen LogP contribution in [0.4, 0.5) is 0 Å². The van der Waals surface area contributed by atoms with Crippen molar-refractivity contribution in [2.45, 2.75) is 37.3 Å². The molecule has 5 heteroatoms. The third-order valence-corrected chi connectivity index (χ3v) is 6.58. The van der Waals surface area contributed by atoms with Crippen LogP contribution in [-0.4, -0.2) is 46.5 Å². The maximum atomic E-state index is 10.8. The van der Waals surface area contributed by atoms with Crippen LogP contribution < -0.4 is 4.74 Å². The average Bonchev–Trinajstić information content (AvgIpc) is 3.22. The standard InChI is InChI=1S/C22H25N3O2/c1-27-16-6-7-19-17(13-16)20(24-23-19)14-25-10-8-22(9-11-25)18-5-3-2-4-15(18)12-21(22)26/h2-7,13,21,26H,8-12,14H2,1H3,(H,23,24)/t21-/m1/s1. The first-order valence-electron chi connectivity index (χ1n) is 9.69. The minimum atomic E-state index is -0.255. The molecule has 5 nitrogen and oxygen atoms in total. The second-order valence-corrected chi connectivity index (χ2v) is 7.89. The summed E-state index contributed by atoms with van der Waals surface area (Å²) >= 11 is 0. The molecule has 1 aromatic heterocycles. The lowest BCUT2D eigenvalue weighted by Crippen LogP contribution is -2.47. The molecule has 27 heavy (non-hydrogen) atoms. The molecule has 1 aliphatic heterocycles. The second kappa shape index (κ2) is 6.36. The van der Waals surface area contributed by atoms with Crippen molar-refractivity contribution in [2.24, 2.45) is 0 Å². The van der Waals surface area contributed by atoms with Crippen molar-refractivity contribution in [3.63, 3.8) is 0 Å². The molecule has 0 radical (unpaired) electrons. The molecule has 1 atom stereocenters. The van der Waals surface area contributed by atoms with Gasteiger partial charge in [-0.05, 0) is 61.7 Å². The van der Waals surface area contributed by atoms with Crippen LogP contribution in [0.2, 0.25) is 0 Å². The Morgan fingerprint density at radius 1 is 1.22 bits per heavy atom. The van der Waals surface area contributed by atoms with Gasteiger partial charge in [0.15, 0.2) is 0 Å². The topological polar surface area (TPSA) is 61.4 Å². The number of hydrogen-bond acceptors (Lipinski definition) is 4. The molecule has 2 aliphatic rings. The zero-order valence-corrected chi connectivity index (χ0v) is 15.6. The summed E-state index contributed by atoms with van der Waals surface area (Å²) < 4.78 is 5.36. The summed E-state index contributed by atoms with van der Waals surface area (Å²) in [4.78, 5) is 2.46. The molecule has 0 saturated carbocycles. The van der Waals surface area contributed by atoms with Crippen molar-refractivity contribution in [3.8, 4) is 5.75 Å². The maximum Gasteiger partial charge on any atom is 0.119 e. The van der Waals surface area contributed by atoms with Crippen LogP contribution in [0.3, 0.4) is 0 Å². The number of aromatic nitrogens is 2. The van der Waals surface area contributed by atoms with Crippen LogP contribution in [0.1, 0.15) is 29.7 Å². The number of nitrogens with zero attached hydrogens (tertiary/aromatic N) is 2. The fraction of sp³-hybridized carbons (Fsp3) is 0.409. The first kappa shape index (κ1) is 16.8. The van der Waals surface area contributed by atoms with Gasteiger partial charge in [0.05, 0.1) is 24.4 Å². The monoisotopic (exact) mass is 363 g/mol. The SMILES string of the molecule is COc1ccc2n[nH]c(CN3CCC4(CC3)c3ccccc3C[C@H]4O)c2c1. The Hall–Kier alpha value is -2.37. The number of aromatic amines is 1. The molecule has 0 bridgehead atoms. The van der Waals surface area contributed by atoms with Gasteiger partial charge < -0.3 is 9.84 Å². The first-order chi connectivity index (χ1) is 13.2. The number of ether oxygens (including phenoxy) is 1. The van der Waals surface area contributed by atoms with E-state index in [1.165, 1.54) is 11.1 Å². The third kappa shape index (κ3) is 2.65. The molecule has 1 aliphatic carbocycles. The van der Waals surface area contributed by atoms with Gasteiger partial charge in [-0.2, -0.15) is 5.10 Å². The molecule has 1 spiro atoms. The molecule has 2 N–H and O–H groups in total. The number of benzene rings is 2. The summed E-state index contributed by atoms with van der Waals surface area (Å²) in [7, 11) is 1.69. The Morgan fingerprint density at radius 2 is 2.04 bits per heavy atom. The van der Waals surface area contributed by atoms with E-state index in [0.29, 0.717) is 0 Å². The third-order valence-electron chi connectivity index (χ3n) is 6.58. The first-order valence-corrected chi connectivity index (χ1v) is 9.69. The van der Waals surface area contributed by atoms with Crippen molar-refractivity contribution >= 4 is 10.9 Å². The summed E-state index contributed by atoms with van der Waals surface area (Å²) in [6.07, 6.45) is 2.54. The van der Waals surface area contributed by atoms with E-state index >= 15 is 0 Å². The Balaban J connectivity index is 1.35. The molecule has 0 amide bonds. The van der Waals surface area contributed by atoms with E-state index in [4.69, 9.17) is 4.74 Å². The molecule has 1 saturated heterocycles. The van der Waals surface area contributed by atoms with Crippen molar-refractivity contribution in [1.29, 1.82) is 0 Å². The molecule has 140 valence electrons. The van der Waals surface area contributed by atoms with Gasteiger partial charge in [0, 0.05) is 17.3 Å². The van der Waals surface area contributed by atoms with Gasteiger partial charge in [-0.15, -0.1) is 0 Å². The van der Waals surface area contributed by atoms with E-state index < -0.39 is 0 Å². The summed E-state index contributed by atoms with van der Waals surface area (Å²) in [6, 6.07) is 14.6. The number of likely N-dealkylation sites (tertiary alicyclic amines) is 1. The molecule has 3 aromatic rings. The quantitative estimate of drug-likeness (QED) is 0.751. The Kier molecular flexibility index (Phi) is 3.95. The predicted molar refractivity (Wildman–Crippen MR) is 105 cm³/mol. The fourth-order valence-corrected chi connectivity index (χ4v) is 4.99. The van der Waals surface area contributed by atoms with Gasteiger partial charge in [0.2, 0.25) is 0 Å². The average molecular weight is 363 g/mol. The Bertz CT molecular complexity index is 973. The summed E-state index contributed by atoms with van der Waals surface area (Å²) in [6.45, 7) is 2.81. The highest BCUT2D eigenvalue weighted by Crippen LogP contribution is 2.46. The van der Waals surface area contributed by atoms with Gasteiger partial charge in [-0.3, -0.25) is 10.00 Å². The van der Waals surface area contributed by atoms with Crippen LogP contribution in [0, 0.1) is 0 Å². The number of aliphatic hydroxyl groups excluding tert-OH is 1. The van der Waals surface area contributed by atoms with Crippen LogP contribution in [0.5, 0.6) is 5.75 Å². The summed E-state index contributed by atoms with van der Waals surface area (Å²) in [5.41, 5.74) is 4.73. The zero-order chi connectivity index (χ0) is 18.4. The molecular formula is C22H25N3O2. The highest BCUT2D eigenvalue weighted by Gasteiger charge is 2.47. The molecule has 5 rings (SSSR count). The number of piperidine rings is 1. The predicted octanol–water partition coefficient (Wildman–Crippen LogP) is 3.02. The lowest BCUT2D eigenvalue weighted by Gasteiger charge is -2.42. The second-order valence-electron chi connectivity index (χ2n) is 7.89. The van der Waals surface area contributed by atoms with Crippen LogP contribution in [0.15, 0.2) is 42.5 Å². The Labute approximate surface area is 159 Å². The number of fused-ring (bicyclic) bond motifs is 3. The van der Waals surface area contributed by atoms with E-state index in [2.05, 4.69) is 45.4 Å². The maximum absolute atomic E-state index is 10.8. The largest absolute Gasteiger partial charge is 0.497 e. The van der Waals surface area contributed by atoms with Crippen molar-refractivity contribution in [1.82, 2.24) is 15.1 Å². The van der Waals surface area contributed by atoms with Crippen LogP contribution >= 0.6 is 0 Å². The van der Waals surface area contributed by atoms with E-state index in [0.717, 1.165) is 61.2 Å². The highest BCUT2D eigenvalue weighted by atomic mass is 16.5. The van der Waals surface area contributed by atoms with Gasteiger partial charge in [0.1, 0.15) is 5.75 Å². The minimum Gasteiger partial charge on any atom is -0.497 e. The van der Waals surface area contributed by atoms with Gasteiger partial charge >= 0.3 is 0 Å². The molecule has 2 heterocycles. The van der Waals surface area contributed by atoms with Gasteiger partial charge in [-0.1, -0.05) is 24.3 Å². The minimum absolute atomic E-state index is 0.0631.